The maximum Gasteiger partial charge on any atom is 0.137 e. The molecule has 2 aromatic rings. The Morgan fingerprint density at radius 3 is 1.32 bits per heavy atom. The molecule has 0 aliphatic carbocycles. The topological polar surface area (TPSA) is 66.2 Å². The molecular weight excluding hydrogens is 244 g/mol. The lowest BCUT2D eigenvalue weighted by Gasteiger charge is -2.28. The van der Waals surface area contributed by atoms with Crippen molar-refractivity contribution in [1.82, 2.24) is 4.48 Å². The van der Waals surface area contributed by atoms with Gasteiger partial charge in [-0.3, -0.25) is 4.48 Å². The summed E-state index contributed by atoms with van der Waals surface area (Å²) in [5, 5.41) is 14.8. The highest BCUT2D eigenvalue weighted by Gasteiger charge is 2.20. The molecule has 0 N–H and O–H groups in total. The highest BCUT2D eigenvalue weighted by atomic mass is 16.9. The highest BCUT2D eigenvalue weighted by molar-refractivity contribution is 5.56. The zero-order valence-corrected chi connectivity index (χ0v) is 10.9. The number of hydrogen-bond donors (Lipinski definition) is 0. The summed E-state index contributed by atoms with van der Waals surface area (Å²) in [7, 11) is 4.40. The summed E-state index contributed by atoms with van der Waals surface area (Å²) >= 11 is 0. The third-order valence-corrected chi connectivity index (χ3v) is 2.80. The molecule has 0 aromatic heterocycles. The lowest BCUT2D eigenvalue weighted by Crippen LogP contribution is -2.33. The summed E-state index contributed by atoms with van der Waals surface area (Å²) in [6.45, 7) is 0. The molecule has 0 aliphatic heterocycles. The Morgan fingerprint density at radius 2 is 1.05 bits per heavy atom. The Morgan fingerprint density at radius 1 is 0.789 bits per heavy atom. The van der Waals surface area contributed by atoms with Crippen LogP contribution >= 0.6 is 0 Å². The molecule has 0 fully saturated rings. The molecular formula is C14H16N2O3. The molecule has 5 heteroatoms. The molecule has 2 rings (SSSR count). The van der Waals surface area contributed by atoms with Gasteiger partial charge in [-0.15, -0.1) is 0 Å². The predicted molar refractivity (Wildman–Crippen MR) is 76.5 cm³/mol. The Hall–Kier alpha value is -2.40. The first kappa shape index (κ1) is 14.7. The Labute approximate surface area is 112 Å². The van der Waals surface area contributed by atoms with Crippen LogP contribution in [-0.4, -0.2) is 19.2 Å². The maximum absolute atomic E-state index is 8.25. The molecule has 0 heterocycles. The second kappa shape index (κ2) is 6.51. The summed E-state index contributed by atoms with van der Waals surface area (Å²) in [5.74, 6) is 0. The molecule has 0 unspecified atom stereocenters. The van der Waals surface area contributed by atoms with Crippen LogP contribution < -0.4 is 4.48 Å². The van der Waals surface area contributed by atoms with Crippen LogP contribution in [0.4, 0.5) is 11.4 Å². The van der Waals surface area contributed by atoms with Gasteiger partial charge in [0.05, 0.1) is 19.2 Å². The summed E-state index contributed by atoms with van der Waals surface area (Å²) < 4.78 is 0.779. The van der Waals surface area contributed by atoms with Gasteiger partial charge in [0.1, 0.15) is 11.4 Å². The van der Waals surface area contributed by atoms with E-state index in [1.54, 1.807) is 0 Å². The monoisotopic (exact) mass is 260 g/mol. The van der Waals surface area contributed by atoms with E-state index in [9.17, 15) is 0 Å². The minimum absolute atomic E-state index is 0.779. The smallest absolute Gasteiger partial charge is 0.137 e. The molecule has 5 nitrogen and oxygen atoms in total. The lowest BCUT2D eigenvalue weighted by atomic mass is 10.2. The van der Waals surface area contributed by atoms with E-state index in [-0.39, 0.29) is 0 Å². The van der Waals surface area contributed by atoms with Crippen LogP contribution in [0.1, 0.15) is 0 Å². The zero-order valence-electron chi connectivity index (χ0n) is 10.9. The van der Waals surface area contributed by atoms with Crippen molar-refractivity contribution in [3.05, 3.63) is 76.0 Å². The molecule has 0 aliphatic rings. The van der Waals surface area contributed by atoms with Gasteiger partial charge in [-0.05, 0) is 24.3 Å². The number of rotatable bonds is 2. The van der Waals surface area contributed by atoms with Gasteiger partial charge in [0, 0.05) is 0 Å². The van der Waals surface area contributed by atoms with Crippen LogP contribution in [0.3, 0.4) is 0 Å². The maximum atomic E-state index is 8.25. The Balaban J connectivity index is 0.000000399. The summed E-state index contributed by atoms with van der Waals surface area (Å²) in [6, 6.07) is 21.1. The van der Waals surface area contributed by atoms with Crippen molar-refractivity contribution in [3.8, 4) is 0 Å². The van der Waals surface area contributed by atoms with E-state index in [2.05, 4.69) is 74.8 Å². The van der Waals surface area contributed by atoms with Crippen LogP contribution in [0, 0.1) is 15.3 Å². The highest BCUT2D eigenvalue weighted by Crippen LogP contribution is 2.29. The fourth-order valence-corrected chi connectivity index (χ4v) is 1.75. The van der Waals surface area contributed by atoms with E-state index in [1.807, 2.05) is 0 Å². The molecule has 0 spiro atoms. The number of nitrogens with zero attached hydrogens (tertiary/aromatic N) is 2. The number of benzene rings is 2. The second-order valence-electron chi connectivity index (χ2n) is 4.35. The molecule has 0 amide bonds. The van der Waals surface area contributed by atoms with E-state index < -0.39 is 5.09 Å². The zero-order chi connectivity index (χ0) is 14.3. The van der Waals surface area contributed by atoms with Gasteiger partial charge in [-0.2, -0.15) is 0 Å². The second-order valence-corrected chi connectivity index (χ2v) is 4.35. The summed E-state index contributed by atoms with van der Waals surface area (Å²) in [5.41, 5.74) is 2.59. The minimum Gasteiger partial charge on any atom is -0.356 e. The van der Waals surface area contributed by atoms with Gasteiger partial charge in [0.2, 0.25) is 0 Å². The largest absolute Gasteiger partial charge is 0.356 e. The predicted octanol–water partition coefficient (Wildman–Crippen LogP) is 3.35. The molecule has 0 atom stereocenters. The van der Waals surface area contributed by atoms with Crippen LogP contribution in [0.5, 0.6) is 0 Å². The number of para-hydroxylation sites is 2. The van der Waals surface area contributed by atoms with Crippen LogP contribution in [-0.2, 0) is 0 Å². The quantitative estimate of drug-likeness (QED) is 0.472. The third kappa shape index (κ3) is 4.40. The van der Waals surface area contributed by atoms with Crippen molar-refractivity contribution in [1.29, 1.82) is 0 Å². The standard InChI is InChI=1S/C14H16N.NO3/c1-15(2,13-9-5-3-6-10-13)14-11-7-4-8-12-14;2-1(3)4/h3-12H,1-2H3;/q+1;-1. The van der Waals surface area contributed by atoms with Crippen LogP contribution in [0.2, 0.25) is 0 Å². The molecule has 0 saturated heterocycles. The van der Waals surface area contributed by atoms with Crippen molar-refractivity contribution in [3.63, 3.8) is 0 Å². The normalized spacial score (nSPS) is 10.2. The summed E-state index contributed by atoms with van der Waals surface area (Å²) in [6.07, 6.45) is 0. The van der Waals surface area contributed by atoms with E-state index in [0.29, 0.717) is 0 Å². The van der Waals surface area contributed by atoms with E-state index >= 15 is 0 Å². The van der Waals surface area contributed by atoms with Gasteiger partial charge in [-0.1, -0.05) is 36.4 Å². The van der Waals surface area contributed by atoms with E-state index in [1.165, 1.54) is 11.4 Å². The first-order valence-electron chi connectivity index (χ1n) is 5.71. The van der Waals surface area contributed by atoms with Gasteiger partial charge >= 0.3 is 0 Å². The molecule has 0 radical (unpaired) electrons. The molecule has 100 valence electrons. The number of hydrogen-bond acceptors (Lipinski definition) is 3. The lowest BCUT2D eigenvalue weighted by molar-refractivity contribution is -0.402. The first-order valence-corrected chi connectivity index (χ1v) is 5.71. The number of quaternary nitrogens is 1. The van der Waals surface area contributed by atoms with Crippen molar-refractivity contribution >= 4 is 11.4 Å². The van der Waals surface area contributed by atoms with Crippen molar-refractivity contribution < 1.29 is 5.09 Å². The molecule has 0 saturated carbocycles. The third-order valence-electron chi connectivity index (χ3n) is 2.80. The van der Waals surface area contributed by atoms with Crippen molar-refractivity contribution in [2.45, 2.75) is 0 Å². The van der Waals surface area contributed by atoms with Crippen LogP contribution in [0.25, 0.3) is 0 Å². The van der Waals surface area contributed by atoms with Gasteiger partial charge < -0.3 is 15.3 Å². The fourth-order valence-electron chi connectivity index (χ4n) is 1.75. The van der Waals surface area contributed by atoms with Crippen molar-refractivity contribution in [2.24, 2.45) is 0 Å². The van der Waals surface area contributed by atoms with Gasteiger partial charge in [0.15, 0.2) is 0 Å². The molecule has 19 heavy (non-hydrogen) atoms. The Bertz CT molecular complexity index is 467. The van der Waals surface area contributed by atoms with E-state index in [0.717, 1.165) is 4.48 Å². The van der Waals surface area contributed by atoms with Crippen molar-refractivity contribution in [2.75, 3.05) is 14.1 Å². The molecule has 2 aromatic carbocycles. The average Bonchev–Trinajstić information content (AvgIpc) is 2.40. The van der Waals surface area contributed by atoms with E-state index in [4.69, 9.17) is 15.3 Å². The fraction of sp³-hybridized carbons (Fsp3) is 0.143. The minimum atomic E-state index is -1.75. The van der Waals surface area contributed by atoms with Crippen LogP contribution in [0.15, 0.2) is 60.7 Å². The first-order chi connectivity index (χ1) is 8.94. The SMILES string of the molecule is C[N+](C)(c1ccccc1)c1ccccc1.O=[N+]([O-])[O-]. The average molecular weight is 260 g/mol. The summed E-state index contributed by atoms with van der Waals surface area (Å²) in [4.78, 5) is 8.25. The van der Waals surface area contributed by atoms with Gasteiger partial charge in [0.25, 0.3) is 0 Å². The molecule has 0 bridgehead atoms. The van der Waals surface area contributed by atoms with Gasteiger partial charge in [-0.25, -0.2) is 0 Å². The Kier molecular flexibility index (Phi) is 5.02.